The number of hydrogen-bond acceptors (Lipinski definition) is 4. The molecule has 4 amide bonds. The van der Waals surface area contributed by atoms with Crippen molar-refractivity contribution in [2.75, 3.05) is 32.7 Å². The summed E-state index contributed by atoms with van der Waals surface area (Å²) in [6.07, 6.45) is 2.14. The maximum atomic E-state index is 12.8. The van der Waals surface area contributed by atoms with Crippen molar-refractivity contribution in [3.63, 3.8) is 0 Å². The topological polar surface area (TPSA) is 100 Å². The number of furan rings is 1. The van der Waals surface area contributed by atoms with Crippen LogP contribution in [0.15, 0.2) is 10.5 Å². The van der Waals surface area contributed by atoms with E-state index in [0.717, 1.165) is 6.42 Å². The maximum Gasteiger partial charge on any atom is 0.315 e. The van der Waals surface area contributed by atoms with Crippen molar-refractivity contribution in [3.05, 3.63) is 23.2 Å². The van der Waals surface area contributed by atoms with Crippen LogP contribution in [0.4, 0.5) is 4.79 Å². The first kappa shape index (κ1) is 18.3. The highest BCUT2D eigenvalue weighted by Crippen LogP contribution is 2.21. The van der Waals surface area contributed by atoms with Crippen LogP contribution in [0.25, 0.3) is 0 Å². The fraction of sp³-hybridized carbons (Fsp3) is 0.611. The molecule has 0 aliphatic carbocycles. The predicted octanol–water partition coefficient (Wildman–Crippen LogP) is 1.11. The zero-order valence-corrected chi connectivity index (χ0v) is 15.4. The lowest BCUT2D eigenvalue weighted by atomic mass is 10.2. The summed E-state index contributed by atoms with van der Waals surface area (Å²) in [6, 6.07) is 0.751. The van der Waals surface area contributed by atoms with Crippen LogP contribution in [0.2, 0.25) is 0 Å². The summed E-state index contributed by atoms with van der Waals surface area (Å²) < 4.78 is 5.46. The molecule has 3 heterocycles. The van der Waals surface area contributed by atoms with Crippen LogP contribution in [0.5, 0.6) is 0 Å². The van der Waals surface area contributed by atoms with Crippen LogP contribution in [0.3, 0.4) is 0 Å². The summed E-state index contributed by atoms with van der Waals surface area (Å²) >= 11 is 0. The quantitative estimate of drug-likeness (QED) is 0.852. The van der Waals surface area contributed by atoms with Gasteiger partial charge in [-0.05, 0) is 39.2 Å². The monoisotopic (exact) mass is 362 g/mol. The molecule has 3 rings (SSSR count). The van der Waals surface area contributed by atoms with Crippen molar-refractivity contribution >= 4 is 17.8 Å². The van der Waals surface area contributed by atoms with Crippen molar-refractivity contribution in [2.24, 2.45) is 5.73 Å². The van der Waals surface area contributed by atoms with Gasteiger partial charge in [0, 0.05) is 32.7 Å². The molecule has 1 aromatic heterocycles. The van der Waals surface area contributed by atoms with Gasteiger partial charge in [-0.1, -0.05) is 0 Å². The Bertz CT molecular complexity index is 714. The van der Waals surface area contributed by atoms with Gasteiger partial charge in [0.1, 0.15) is 17.6 Å². The minimum absolute atomic E-state index is 0.0618. The van der Waals surface area contributed by atoms with E-state index in [1.165, 1.54) is 4.90 Å². The molecule has 8 nitrogen and oxygen atoms in total. The van der Waals surface area contributed by atoms with Gasteiger partial charge in [-0.3, -0.25) is 9.59 Å². The highest BCUT2D eigenvalue weighted by Gasteiger charge is 2.36. The van der Waals surface area contributed by atoms with Crippen LogP contribution >= 0.6 is 0 Å². The number of likely N-dealkylation sites (tertiary alicyclic amines) is 1. The van der Waals surface area contributed by atoms with Gasteiger partial charge < -0.3 is 24.9 Å². The van der Waals surface area contributed by atoms with Gasteiger partial charge in [0.15, 0.2) is 0 Å². The third-order valence-electron chi connectivity index (χ3n) is 5.19. The van der Waals surface area contributed by atoms with E-state index >= 15 is 0 Å². The third-order valence-corrected chi connectivity index (χ3v) is 5.19. The van der Waals surface area contributed by atoms with E-state index in [2.05, 4.69) is 0 Å². The molecule has 2 saturated heterocycles. The number of rotatable bonds is 2. The Hall–Kier alpha value is -2.51. The highest BCUT2D eigenvalue weighted by atomic mass is 16.3. The second-order valence-electron chi connectivity index (χ2n) is 6.99. The van der Waals surface area contributed by atoms with Gasteiger partial charge >= 0.3 is 6.03 Å². The maximum absolute atomic E-state index is 12.8. The molecular weight excluding hydrogens is 336 g/mol. The van der Waals surface area contributed by atoms with Gasteiger partial charge in [0.25, 0.3) is 5.91 Å². The number of amides is 4. The Balaban J connectivity index is 1.64. The number of aryl methyl sites for hydroxylation is 2. The Morgan fingerprint density at radius 2 is 1.73 bits per heavy atom. The first-order valence-electron chi connectivity index (χ1n) is 9.09. The number of urea groups is 1. The molecule has 2 aliphatic heterocycles. The average Bonchev–Trinajstić information content (AvgIpc) is 3.12. The van der Waals surface area contributed by atoms with E-state index in [1.807, 2.05) is 6.92 Å². The molecule has 0 bridgehead atoms. The van der Waals surface area contributed by atoms with Crippen molar-refractivity contribution in [1.82, 2.24) is 14.7 Å². The van der Waals surface area contributed by atoms with Gasteiger partial charge in [0.2, 0.25) is 5.91 Å². The van der Waals surface area contributed by atoms with Crippen LogP contribution < -0.4 is 5.73 Å². The SMILES string of the molecule is Cc1cc(C(=O)N2CCCN(C(=O)[C@@H]3CCCN3C(N)=O)CC2)c(C)o1. The van der Waals surface area contributed by atoms with Crippen molar-refractivity contribution < 1.29 is 18.8 Å². The summed E-state index contributed by atoms with van der Waals surface area (Å²) in [5.41, 5.74) is 5.96. The molecule has 1 aromatic rings. The zero-order valence-electron chi connectivity index (χ0n) is 15.4. The van der Waals surface area contributed by atoms with Crippen LogP contribution in [-0.2, 0) is 4.79 Å². The molecule has 1 atom stereocenters. The lowest BCUT2D eigenvalue weighted by Crippen LogP contribution is -2.50. The molecule has 0 unspecified atom stereocenters. The molecule has 2 fully saturated rings. The zero-order chi connectivity index (χ0) is 18.8. The van der Waals surface area contributed by atoms with Crippen LogP contribution in [-0.4, -0.2) is 71.3 Å². The summed E-state index contributed by atoms with van der Waals surface area (Å²) in [7, 11) is 0. The lowest BCUT2D eigenvalue weighted by Gasteiger charge is -2.28. The van der Waals surface area contributed by atoms with E-state index in [-0.39, 0.29) is 11.8 Å². The standard InChI is InChI=1S/C18H26N4O4/c1-12-11-14(13(2)26-12)16(23)20-6-4-7-21(10-9-20)17(24)15-5-3-8-22(15)18(19)25/h11,15H,3-10H2,1-2H3,(H2,19,25)/t15-/m0/s1. The molecule has 0 radical (unpaired) electrons. The van der Waals surface area contributed by atoms with E-state index in [4.69, 9.17) is 10.2 Å². The van der Waals surface area contributed by atoms with Crippen molar-refractivity contribution in [2.45, 2.75) is 39.2 Å². The first-order chi connectivity index (χ1) is 12.4. The summed E-state index contributed by atoms with van der Waals surface area (Å²) in [5, 5.41) is 0. The fourth-order valence-corrected chi connectivity index (χ4v) is 3.85. The first-order valence-corrected chi connectivity index (χ1v) is 9.09. The molecular formula is C18H26N4O4. The molecule has 8 heteroatoms. The molecule has 0 aromatic carbocycles. The Morgan fingerprint density at radius 3 is 2.38 bits per heavy atom. The second-order valence-corrected chi connectivity index (χ2v) is 6.99. The lowest BCUT2D eigenvalue weighted by molar-refractivity contribution is -0.135. The molecule has 0 spiro atoms. The molecule has 2 N–H and O–H groups in total. The van der Waals surface area contributed by atoms with Gasteiger partial charge in [-0.15, -0.1) is 0 Å². The largest absolute Gasteiger partial charge is 0.466 e. The van der Waals surface area contributed by atoms with Gasteiger partial charge in [-0.2, -0.15) is 0 Å². The highest BCUT2D eigenvalue weighted by molar-refractivity contribution is 5.95. The number of nitrogens with two attached hydrogens (primary N) is 1. The van der Waals surface area contributed by atoms with E-state index < -0.39 is 12.1 Å². The number of primary amides is 1. The summed E-state index contributed by atoms with van der Waals surface area (Å²) in [5.74, 6) is 1.21. The van der Waals surface area contributed by atoms with Gasteiger partial charge in [-0.25, -0.2) is 4.79 Å². The smallest absolute Gasteiger partial charge is 0.315 e. The fourth-order valence-electron chi connectivity index (χ4n) is 3.85. The van der Waals surface area contributed by atoms with E-state index in [1.54, 1.807) is 22.8 Å². The van der Waals surface area contributed by atoms with Crippen molar-refractivity contribution in [3.8, 4) is 0 Å². The molecule has 142 valence electrons. The molecule has 0 saturated carbocycles. The summed E-state index contributed by atoms with van der Waals surface area (Å²) in [6.45, 7) is 6.24. The Labute approximate surface area is 152 Å². The van der Waals surface area contributed by atoms with Crippen LogP contribution in [0, 0.1) is 13.8 Å². The van der Waals surface area contributed by atoms with E-state index in [0.29, 0.717) is 62.6 Å². The normalized spacial score (nSPS) is 21.0. The third kappa shape index (κ3) is 3.54. The number of nitrogens with zero attached hydrogens (tertiary/aromatic N) is 3. The van der Waals surface area contributed by atoms with Crippen LogP contribution in [0.1, 0.15) is 41.1 Å². The van der Waals surface area contributed by atoms with Crippen molar-refractivity contribution in [1.29, 1.82) is 0 Å². The Kier molecular flexibility index (Phi) is 5.20. The van der Waals surface area contributed by atoms with E-state index in [9.17, 15) is 14.4 Å². The second kappa shape index (κ2) is 7.39. The molecule has 2 aliphatic rings. The number of carbonyl (C=O) groups excluding carboxylic acids is 3. The number of hydrogen-bond donors (Lipinski definition) is 1. The minimum Gasteiger partial charge on any atom is -0.466 e. The predicted molar refractivity (Wildman–Crippen MR) is 94.6 cm³/mol. The van der Waals surface area contributed by atoms with Gasteiger partial charge in [0.05, 0.1) is 5.56 Å². The Morgan fingerprint density at radius 1 is 1.04 bits per heavy atom. The number of carbonyl (C=O) groups is 3. The average molecular weight is 362 g/mol. The molecule has 26 heavy (non-hydrogen) atoms. The minimum atomic E-state index is -0.543. The summed E-state index contributed by atoms with van der Waals surface area (Å²) in [4.78, 5) is 42.1.